The second-order valence-corrected chi connectivity index (χ2v) is 6.75. The van der Waals surface area contributed by atoms with Crippen LogP contribution in [-0.2, 0) is 0 Å². The minimum atomic E-state index is 0.0910. The Balaban J connectivity index is 1.97. The van der Waals surface area contributed by atoms with Gasteiger partial charge in [-0.25, -0.2) is 0 Å². The topological polar surface area (TPSA) is 53.8 Å². The van der Waals surface area contributed by atoms with Gasteiger partial charge in [-0.15, -0.1) is 0 Å². The Labute approximate surface area is 123 Å². The number of methoxy groups -OCH3 is 1. The van der Waals surface area contributed by atoms with Gasteiger partial charge in [0.25, 0.3) is 0 Å². The Kier molecular flexibility index (Phi) is 3.74. The van der Waals surface area contributed by atoms with Crippen molar-refractivity contribution in [2.24, 2.45) is 4.99 Å². The molecule has 2 aromatic carbocycles. The molecule has 0 spiro atoms. The van der Waals surface area contributed by atoms with Crippen LogP contribution in [0.5, 0.6) is 5.75 Å². The van der Waals surface area contributed by atoms with E-state index in [-0.39, 0.29) is 19.8 Å². The van der Waals surface area contributed by atoms with Gasteiger partial charge >= 0.3 is 123 Å². The van der Waals surface area contributed by atoms with Crippen molar-refractivity contribution in [1.82, 2.24) is 5.48 Å². The summed E-state index contributed by atoms with van der Waals surface area (Å²) in [7, 11) is 1.65. The molecule has 1 aliphatic heterocycles. The van der Waals surface area contributed by atoms with Crippen molar-refractivity contribution in [1.29, 1.82) is 0 Å². The molecular weight excluding hydrogens is 319 g/mol. The minimum absolute atomic E-state index is 0.0910. The summed E-state index contributed by atoms with van der Waals surface area (Å²) in [5, 5.41) is 9.35. The van der Waals surface area contributed by atoms with Crippen molar-refractivity contribution in [2.75, 3.05) is 7.11 Å². The third-order valence-electron chi connectivity index (χ3n) is 3.13. The Bertz CT molecular complexity index is 641. The number of rotatable bonds is 2. The molecule has 0 saturated heterocycles. The molecule has 4 nitrogen and oxygen atoms in total. The third-order valence-corrected chi connectivity index (χ3v) is 5.92. The number of amidine groups is 1. The molecule has 0 aliphatic carbocycles. The summed E-state index contributed by atoms with van der Waals surface area (Å²) < 4.78 is 6.43. The second kappa shape index (κ2) is 5.67. The predicted octanol–water partition coefficient (Wildman–Crippen LogP) is 1.79. The van der Waals surface area contributed by atoms with Crippen LogP contribution < -0.4 is 14.7 Å². The number of para-hydroxylation sites is 1. The molecule has 0 amide bonds. The molecule has 20 heavy (non-hydrogen) atoms. The van der Waals surface area contributed by atoms with Crippen molar-refractivity contribution in [2.45, 2.75) is 4.82 Å². The normalized spacial score (nSPS) is 17.1. The second-order valence-electron chi connectivity index (χ2n) is 4.35. The number of nitrogens with one attached hydrogen (secondary N) is 1. The van der Waals surface area contributed by atoms with Crippen LogP contribution in [0.2, 0.25) is 0 Å². The van der Waals surface area contributed by atoms with Crippen LogP contribution in [0.3, 0.4) is 0 Å². The first-order valence-corrected chi connectivity index (χ1v) is 8.04. The van der Waals surface area contributed by atoms with Crippen molar-refractivity contribution in [3.8, 4) is 5.75 Å². The average molecular weight is 333 g/mol. The molecule has 0 fully saturated rings. The number of ether oxygens (including phenoxy) is 1. The van der Waals surface area contributed by atoms with E-state index in [4.69, 9.17) is 4.74 Å². The van der Waals surface area contributed by atoms with Crippen LogP contribution in [0.25, 0.3) is 0 Å². The van der Waals surface area contributed by atoms with Crippen molar-refractivity contribution >= 4 is 30.9 Å². The van der Waals surface area contributed by atoms with Gasteiger partial charge in [-0.05, 0) is 0 Å². The average Bonchev–Trinajstić information content (AvgIpc) is 2.53. The van der Waals surface area contributed by atoms with Crippen LogP contribution in [0.1, 0.15) is 10.4 Å². The molecule has 1 unspecified atom stereocenters. The van der Waals surface area contributed by atoms with E-state index in [1.807, 2.05) is 42.5 Å². The molecule has 1 heterocycles. The van der Waals surface area contributed by atoms with Gasteiger partial charge in [-0.2, -0.15) is 0 Å². The van der Waals surface area contributed by atoms with Crippen molar-refractivity contribution in [3.05, 3.63) is 54.1 Å². The number of hydrogen-bond donors (Lipinski definition) is 2. The monoisotopic (exact) mass is 334 g/mol. The van der Waals surface area contributed by atoms with E-state index in [1.165, 1.54) is 4.46 Å². The van der Waals surface area contributed by atoms with E-state index >= 15 is 0 Å². The van der Waals surface area contributed by atoms with Crippen LogP contribution >= 0.6 is 0 Å². The summed E-state index contributed by atoms with van der Waals surface area (Å²) in [6.07, 6.45) is 0. The molecule has 2 aromatic rings. The quantitative estimate of drug-likeness (QED) is 0.651. The van der Waals surface area contributed by atoms with Gasteiger partial charge in [-0.1, -0.05) is 0 Å². The van der Waals surface area contributed by atoms with Gasteiger partial charge in [0, 0.05) is 0 Å². The van der Waals surface area contributed by atoms with Crippen molar-refractivity contribution in [3.63, 3.8) is 0 Å². The zero-order valence-corrected chi connectivity index (χ0v) is 12.6. The first-order valence-electron chi connectivity index (χ1n) is 6.20. The molecule has 0 saturated carbocycles. The van der Waals surface area contributed by atoms with E-state index in [1.54, 1.807) is 7.11 Å². The molecular formula is C15H14N2O2Se. The van der Waals surface area contributed by atoms with Crippen molar-refractivity contribution < 1.29 is 9.94 Å². The predicted molar refractivity (Wildman–Crippen MR) is 79.6 cm³/mol. The molecule has 2 N–H and O–H groups in total. The summed E-state index contributed by atoms with van der Waals surface area (Å²) in [6, 6.07) is 16.0. The fourth-order valence-electron chi connectivity index (χ4n) is 2.11. The zero-order chi connectivity index (χ0) is 13.9. The van der Waals surface area contributed by atoms with E-state index in [0.29, 0.717) is 5.84 Å². The van der Waals surface area contributed by atoms with Gasteiger partial charge in [0.15, 0.2) is 0 Å². The molecule has 0 bridgehead atoms. The van der Waals surface area contributed by atoms with Gasteiger partial charge in [0.2, 0.25) is 0 Å². The number of benzene rings is 2. The van der Waals surface area contributed by atoms with E-state index in [2.05, 4.69) is 16.5 Å². The number of aliphatic imine (C=N–C) groups is 1. The van der Waals surface area contributed by atoms with Crippen LogP contribution in [0.4, 0.5) is 5.69 Å². The molecule has 1 aliphatic rings. The Morgan fingerprint density at radius 3 is 2.60 bits per heavy atom. The summed E-state index contributed by atoms with van der Waals surface area (Å²) in [5.41, 5.74) is 4.32. The van der Waals surface area contributed by atoms with Crippen LogP contribution in [-0.4, -0.2) is 33.1 Å². The van der Waals surface area contributed by atoms with E-state index < -0.39 is 0 Å². The van der Waals surface area contributed by atoms with E-state index in [0.717, 1.165) is 17.0 Å². The standard InChI is InChI=1S/C15H14N2O2Se/c1-19-11-8-6-10(7-9-11)14-15(17-18)16-12-4-2-3-5-13(12)20-14/h2-9,14,18H,1H3,(H,16,17). The summed E-state index contributed by atoms with van der Waals surface area (Å²) >= 11 is 0.179. The summed E-state index contributed by atoms with van der Waals surface area (Å²) in [6.45, 7) is 0. The Morgan fingerprint density at radius 1 is 1.15 bits per heavy atom. The first-order chi connectivity index (χ1) is 9.81. The fraction of sp³-hybridized carbons (Fsp3) is 0.133. The molecule has 3 rings (SSSR count). The number of fused-ring (bicyclic) bond motifs is 1. The van der Waals surface area contributed by atoms with Gasteiger partial charge in [-0.3, -0.25) is 0 Å². The Morgan fingerprint density at radius 2 is 1.90 bits per heavy atom. The number of hydrogen-bond acceptors (Lipinski definition) is 4. The molecule has 0 radical (unpaired) electrons. The maximum atomic E-state index is 9.35. The van der Waals surface area contributed by atoms with E-state index in [9.17, 15) is 5.21 Å². The molecule has 102 valence electrons. The maximum absolute atomic E-state index is 9.35. The van der Waals surface area contributed by atoms with Crippen LogP contribution in [0, 0.1) is 0 Å². The molecule has 1 atom stereocenters. The number of nitrogens with zero attached hydrogens (tertiary/aromatic N) is 1. The SMILES string of the molecule is COc1ccc(C2[Se]c3ccccc3N=C2NO)cc1. The van der Waals surface area contributed by atoms with Gasteiger partial charge in [0.05, 0.1) is 0 Å². The van der Waals surface area contributed by atoms with Gasteiger partial charge in [0.1, 0.15) is 0 Å². The third kappa shape index (κ3) is 2.43. The summed E-state index contributed by atoms with van der Waals surface area (Å²) in [5.74, 6) is 1.43. The molecule has 0 aromatic heterocycles. The zero-order valence-electron chi connectivity index (χ0n) is 10.9. The van der Waals surface area contributed by atoms with Crippen LogP contribution in [0.15, 0.2) is 53.5 Å². The van der Waals surface area contributed by atoms with Gasteiger partial charge < -0.3 is 0 Å². The Hall–Kier alpha value is -1.81. The molecule has 5 heteroatoms. The summed E-state index contributed by atoms with van der Waals surface area (Å²) in [4.78, 5) is 4.60. The fourth-order valence-corrected chi connectivity index (χ4v) is 4.53. The number of hydroxylamine groups is 1. The first kappa shape index (κ1) is 13.2.